The SMILES string of the molecule is CCNC(=O)[C@@H](C)N(Cc1ccc(Cl)cc1Cl)C(=O)CCCOc1ccc(OC)cc1. The number of carbonyl (C=O) groups is 2. The fourth-order valence-corrected chi connectivity index (χ4v) is 3.44. The summed E-state index contributed by atoms with van der Waals surface area (Å²) in [5.74, 6) is 1.09. The Hall–Kier alpha value is -2.44. The second-order valence-corrected chi connectivity index (χ2v) is 7.80. The zero-order chi connectivity index (χ0) is 22.8. The van der Waals surface area contributed by atoms with Crippen molar-refractivity contribution in [3.05, 3.63) is 58.1 Å². The van der Waals surface area contributed by atoms with Crippen LogP contribution in [0.4, 0.5) is 0 Å². The topological polar surface area (TPSA) is 67.9 Å². The summed E-state index contributed by atoms with van der Waals surface area (Å²) in [5.41, 5.74) is 0.727. The molecule has 0 spiro atoms. The maximum atomic E-state index is 13.0. The number of hydrogen-bond donors (Lipinski definition) is 1. The van der Waals surface area contributed by atoms with Gasteiger partial charge >= 0.3 is 0 Å². The number of carbonyl (C=O) groups excluding carboxylic acids is 2. The van der Waals surface area contributed by atoms with Crippen LogP contribution in [0.3, 0.4) is 0 Å². The molecule has 1 atom stereocenters. The Kier molecular flexibility index (Phi) is 9.95. The molecule has 168 valence electrons. The Morgan fingerprint density at radius 2 is 1.77 bits per heavy atom. The van der Waals surface area contributed by atoms with E-state index in [9.17, 15) is 9.59 Å². The molecule has 0 aliphatic rings. The van der Waals surface area contributed by atoms with Crippen LogP contribution in [-0.2, 0) is 16.1 Å². The third-order valence-corrected chi connectivity index (χ3v) is 5.32. The van der Waals surface area contributed by atoms with Gasteiger partial charge in [0.1, 0.15) is 17.5 Å². The minimum atomic E-state index is -0.637. The van der Waals surface area contributed by atoms with Crippen molar-refractivity contribution in [1.29, 1.82) is 0 Å². The predicted molar refractivity (Wildman–Crippen MR) is 123 cm³/mol. The Labute approximate surface area is 193 Å². The molecule has 0 saturated heterocycles. The van der Waals surface area contributed by atoms with Crippen molar-refractivity contribution < 1.29 is 19.1 Å². The van der Waals surface area contributed by atoms with Gasteiger partial charge in [0, 0.05) is 29.6 Å². The molecule has 0 aliphatic heterocycles. The average Bonchev–Trinajstić information content (AvgIpc) is 2.76. The molecule has 2 aromatic rings. The Bertz CT molecular complexity index is 874. The number of likely N-dealkylation sites (N-methyl/N-ethyl adjacent to an activating group) is 1. The molecule has 2 aromatic carbocycles. The number of benzene rings is 2. The van der Waals surface area contributed by atoms with Gasteiger partial charge in [-0.05, 0) is 62.2 Å². The highest BCUT2D eigenvalue weighted by Gasteiger charge is 2.26. The quantitative estimate of drug-likeness (QED) is 0.486. The lowest BCUT2D eigenvalue weighted by molar-refractivity contribution is -0.140. The number of nitrogens with one attached hydrogen (secondary N) is 1. The second kappa shape index (κ2) is 12.4. The minimum absolute atomic E-state index is 0.150. The average molecular weight is 467 g/mol. The number of nitrogens with zero attached hydrogens (tertiary/aromatic N) is 1. The van der Waals surface area contributed by atoms with Crippen LogP contribution in [0, 0.1) is 0 Å². The molecule has 0 radical (unpaired) electrons. The van der Waals surface area contributed by atoms with E-state index in [0.29, 0.717) is 35.4 Å². The number of hydrogen-bond acceptors (Lipinski definition) is 4. The van der Waals surface area contributed by atoms with Crippen molar-refractivity contribution in [3.63, 3.8) is 0 Å². The molecule has 0 aromatic heterocycles. The van der Waals surface area contributed by atoms with E-state index < -0.39 is 6.04 Å². The van der Waals surface area contributed by atoms with Crippen LogP contribution in [0.5, 0.6) is 11.5 Å². The molecule has 0 aliphatic carbocycles. The van der Waals surface area contributed by atoms with Crippen LogP contribution in [-0.4, -0.2) is 43.0 Å². The normalized spacial score (nSPS) is 11.5. The Balaban J connectivity index is 2.00. The highest BCUT2D eigenvalue weighted by atomic mass is 35.5. The van der Waals surface area contributed by atoms with E-state index >= 15 is 0 Å². The number of amides is 2. The molecule has 0 bridgehead atoms. The first kappa shape index (κ1) is 24.8. The van der Waals surface area contributed by atoms with E-state index in [1.807, 2.05) is 31.2 Å². The van der Waals surface area contributed by atoms with Crippen molar-refractivity contribution in [2.75, 3.05) is 20.3 Å². The first-order chi connectivity index (χ1) is 14.8. The Morgan fingerprint density at radius 1 is 1.10 bits per heavy atom. The van der Waals surface area contributed by atoms with Crippen LogP contribution >= 0.6 is 23.2 Å². The van der Waals surface area contributed by atoms with Crippen LogP contribution < -0.4 is 14.8 Å². The van der Waals surface area contributed by atoms with E-state index in [-0.39, 0.29) is 24.8 Å². The second-order valence-electron chi connectivity index (χ2n) is 6.96. The number of ether oxygens (including phenoxy) is 2. The summed E-state index contributed by atoms with van der Waals surface area (Å²) < 4.78 is 10.8. The molecule has 31 heavy (non-hydrogen) atoms. The molecule has 0 unspecified atom stereocenters. The lowest BCUT2D eigenvalue weighted by atomic mass is 10.1. The van der Waals surface area contributed by atoms with Crippen LogP contribution in [0.2, 0.25) is 10.0 Å². The summed E-state index contributed by atoms with van der Waals surface area (Å²) in [7, 11) is 1.60. The highest BCUT2D eigenvalue weighted by Crippen LogP contribution is 2.24. The van der Waals surface area contributed by atoms with E-state index in [2.05, 4.69) is 5.32 Å². The molecule has 8 heteroatoms. The first-order valence-corrected chi connectivity index (χ1v) is 10.9. The van der Waals surface area contributed by atoms with Gasteiger partial charge in [0.15, 0.2) is 0 Å². The van der Waals surface area contributed by atoms with Crippen molar-refractivity contribution in [1.82, 2.24) is 10.2 Å². The van der Waals surface area contributed by atoms with Gasteiger partial charge < -0.3 is 19.7 Å². The lowest BCUT2D eigenvalue weighted by Crippen LogP contribution is -2.47. The van der Waals surface area contributed by atoms with Crippen LogP contribution in [0.25, 0.3) is 0 Å². The number of halogens is 2. The van der Waals surface area contributed by atoms with Crippen molar-refractivity contribution in [3.8, 4) is 11.5 Å². The van der Waals surface area contributed by atoms with Crippen molar-refractivity contribution >= 4 is 35.0 Å². The molecule has 2 amide bonds. The lowest BCUT2D eigenvalue weighted by Gasteiger charge is -2.29. The summed E-state index contributed by atoms with van der Waals surface area (Å²) in [5, 5.41) is 3.73. The molecule has 2 rings (SSSR count). The van der Waals surface area contributed by atoms with Gasteiger partial charge in [0.05, 0.1) is 13.7 Å². The molecule has 0 saturated carbocycles. The van der Waals surface area contributed by atoms with Gasteiger partial charge in [0.25, 0.3) is 0 Å². The van der Waals surface area contributed by atoms with Crippen molar-refractivity contribution in [2.24, 2.45) is 0 Å². The summed E-state index contributed by atoms with van der Waals surface area (Å²) >= 11 is 12.3. The zero-order valence-corrected chi connectivity index (χ0v) is 19.5. The van der Waals surface area contributed by atoms with E-state index in [0.717, 1.165) is 11.3 Å². The fourth-order valence-electron chi connectivity index (χ4n) is 2.97. The van der Waals surface area contributed by atoms with Gasteiger partial charge in [-0.3, -0.25) is 9.59 Å². The summed E-state index contributed by atoms with van der Waals surface area (Å²) in [4.78, 5) is 26.9. The highest BCUT2D eigenvalue weighted by molar-refractivity contribution is 6.35. The van der Waals surface area contributed by atoms with E-state index in [1.54, 1.807) is 32.2 Å². The van der Waals surface area contributed by atoms with E-state index in [1.165, 1.54) is 4.90 Å². The van der Waals surface area contributed by atoms with Crippen LogP contribution in [0.15, 0.2) is 42.5 Å². The van der Waals surface area contributed by atoms with Gasteiger partial charge in [-0.15, -0.1) is 0 Å². The van der Waals surface area contributed by atoms with Gasteiger partial charge in [-0.2, -0.15) is 0 Å². The summed E-state index contributed by atoms with van der Waals surface area (Å²) in [6.07, 6.45) is 0.753. The molecule has 6 nitrogen and oxygen atoms in total. The van der Waals surface area contributed by atoms with Crippen molar-refractivity contribution in [2.45, 2.75) is 39.3 Å². The monoisotopic (exact) mass is 466 g/mol. The standard InChI is InChI=1S/C23H28Cl2N2O4/c1-4-26-23(29)16(2)27(15-17-7-8-18(24)14-21(17)25)22(28)6-5-13-31-20-11-9-19(30-3)10-12-20/h7-12,14,16H,4-6,13,15H2,1-3H3,(H,26,29)/t16-/m1/s1. The molecule has 0 fully saturated rings. The number of rotatable bonds is 11. The summed E-state index contributed by atoms with van der Waals surface area (Å²) in [6.45, 7) is 4.63. The van der Waals surface area contributed by atoms with Gasteiger partial charge in [0.2, 0.25) is 11.8 Å². The van der Waals surface area contributed by atoms with Crippen LogP contribution in [0.1, 0.15) is 32.3 Å². The van der Waals surface area contributed by atoms with Gasteiger partial charge in [-0.1, -0.05) is 29.3 Å². The first-order valence-electron chi connectivity index (χ1n) is 10.1. The minimum Gasteiger partial charge on any atom is -0.497 e. The third kappa shape index (κ3) is 7.64. The maximum absolute atomic E-state index is 13.0. The summed E-state index contributed by atoms with van der Waals surface area (Å²) in [6, 6.07) is 11.7. The largest absolute Gasteiger partial charge is 0.497 e. The fraction of sp³-hybridized carbons (Fsp3) is 0.391. The number of methoxy groups -OCH3 is 1. The molecular formula is C23H28Cl2N2O4. The molecule has 1 N–H and O–H groups in total. The van der Waals surface area contributed by atoms with Gasteiger partial charge in [-0.25, -0.2) is 0 Å². The van der Waals surface area contributed by atoms with E-state index in [4.69, 9.17) is 32.7 Å². The smallest absolute Gasteiger partial charge is 0.242 e. The molecular weight excluding hydrogens is 439 g/mol. The maximum Gasteiger partial charge on any atom is 0.242 e. The Morgan fingerprint density at radius 3 is 2.39 bits per heavy atom. The zero-order valence-electron chi connectivity index (χ0n) is 18.0. The molecule has 0 heterocycles. The third-order valence-electron chi connectivity index (χ3n) is 4.74. The predicted octanol–water partition coefficient (Wildman–Crippen LogP) is 4.71.